The molecule has 1 amide bonds. The van der Waals surface area contributed by atoms with Gasteiger partial charge in [0, 0.05) is 23.7 Å². The standard InChI is InChI=1S/C19H20F2N2O3S/c1-19(2,3)18(24)23-7-6-12-4-5-15(11-17(12)23)22-27(25,26)16-9-13(20)8-14(21)10-16/h4-5,8-11,22H,6-7H2,1-3H3. The van der Waals surface area contributed by atoms with Crippen LogP contribution in [0, 0.1) is 17.0 Å². The van der Waals surface area contributed by atoms with Gasteiger partial charge in [0.1, 0.15) is 11.6 Å². The second kappa shape index (κ2) is 6.60. The van der Waals surface area contributed by atoms with Crippen LogP contribution in [0.2, 0.25) is 0 Å². The number of carbonyl (C=O) groups is 1. The molecule has 0 saturated carbocycles. The van der Waals surface area contributed by atoms with Gasteiger partial charge in [-0.2, -0.15) is 0 Å². The molecule has 2 aromatic carbocycles. The quantitative estimate of drug-likeness (QED) is 0.863. The largest absolute Gasteiger partial charge is 0.311 e. The van der Waals surface area contributed by atoms with Crippen LogP contribution in [0.5, 0.6) is 0 Å². The van der Waals surface area contributed by atoms with Gasteiger partial charge in [0.15, 0.2) is 0 Å². The second-order valence-corrected chi connectivity index (χ2v) is 9.19. The Labute approximate surface area is 157 Å². The number of nitrogens with one attached hydrogen (secondary N) is 1. The zero-order valence-electron chi connectivity index (χ0n) is 15.2. The minimum absolute atomic E-state index is 0.0616. The summed E-state index contributed by atoms with van der Waals surface area (Å²) in [7, 11) is -4.18. The van der Waals surface area contributed by atoms with Crippen LogP contribution in [0.15, 0.2) is 41.3 Å². The maximum Gasteiger partial charge on any atom is 0.262 e. The molecular weight excluding hydrogens is 374 g/mol. The molecule has 0 atom stereocenters. The summed E-state index contributed by atoms with van der Waals surface area (Å²) in [6.45, 7) is 5.98. The van der Waals surface area contributed by atoms with E-state index in [4.69, 9.17) is 0 Å². The molecule has 27 heavy (non-hydrogen) atoms. The van der Waals surface area contributed by atoms with Gasteiger partial charge in [-0.3, -0.25) is 9.52 Å². The third-order valence-corrected chi connectivity index (χ3v) is 5.63. The van der Waals surface area contributed by atoms with Crippen LogP contribution in [-0.4, -0.2) is 20.9 Å². The molecule has 1 aliphatic rings. The van der Waals surface area contributed by atoms with Crippen molar-refractivity contribution in [3.8, 4) is 0 Å². The molecule has 0 unspecified atom stereocenters. The number of halogens is 2. The van der Waals surface area contributed by atoms with Crippen LogP contribution in [0.3, 0.4) is 0 Å². The van der Waals surface area contributed by atoms with Crippen LogP contribution in [0.25, 0.3) is 0 Å². The fourth-order valence-corrected chi connectivity index (χ4v) is 4.05. The van der Waals surface area contributed by atoms with Crippen LogP contribution in [0.4, 0.5) is 20.2 Å². The Kier molecular flexibility index (Phi) is 4.71. The van der Waals surface area contributed by atoms with Crippen LogP contribution in [0.1, 0.15) is 26.3 Å². The topological polar surface area (TPSA) is 66.5 Å². The Bertz CT molecular complexity index is 994. The van der Waals surface area contributed by atoms with Gasteiger partial charge in [0.05, 0.1) is 10.6 Å². The molecule has 0 aliphatic carbocycles. The maximum atomic E-state index is 13.4. The Morgan fingerprint density at radius 1 is 1.07 bits per heavy atom. The van der Waals surface area contributed by atoms with Gasteiger partial charge in [0.2, 0.25) is 5.91 Å². The Hall–Kier alpha value is -2.48. The van der Waals surface area contributed by atoms with E-state index in [-0.39, 0.29) is 11.6 Å². The summed E-state index contributed by atoms with van der Waals surface area (Å²) in [6.07, 6.45) is 0.680. The number of rotatable bonds is 3. The molecule has 0 aromatic heterocycles. The summed E-state index contributed by atoms with van der Waals surface area (Å²) in [4.78, 5) is 13.7. The molecular formula is C19H20F2N2O3S. The summed E-state index contributed by atoms with van der Waals surface area (Å²) >= 11 is 0. The first-order valence-corrected chi connectivity index (χ1v) is 9.89. The van der Waals surface area contributed by atoms with Crippen LogP contribution in [-0.2, 0) is 21.2 Å². The predicted molar refractivity (Wildman–Crippen MR) is 99.1 cm³/mol. The number of nitrogens with zero attached hydrogens (tertiary/aromatic N) is 1. The van der Waals surface area contributed by atoms with Gasteiger partial charge in [0.25, 0.3) is 10.0 Å². The van der Waals surface area contributed by atoms with Gasteiger partial charge in [-0.1, -0.05) is 26.8 Å². The minimum Gasteiger partial charge on any atom is -0.311 e. The van der Waals surface area contributed by atoms with Crippen molar-refractivity contribution in [3.05, 3.63) is 53.6 Å². The average molecular weight is 394 g/mol. The van der Waals surface area contributed by atoms with Crippen LogP contribution < -0.4 is 9.62 Å². The summed E-state index contributed by atoms with van der Waals surface area (Å²) in [6, 6.07) is 6.97. The average Bonchev–Trinajstić information content (AvgIpc) is 2.95. The van der Waals surface area contributed by atoms with Gasteiger partial charge >= 0.3 is 0 Å². The molecule has 0 radical (unpaired) electrons. The van der Waals surface area contributed by atoms with Gasteiger partial charge in [-0.15, -0.1) is 0 Å². The molecule has 3 rings (SSSR count). The first-order chi connectivity index (χ1) is 12.5. The van der Waals surface area contributed by atoms with Crippen molar-refractivity contribution in [1.29, 1.82) is 0 Å². The maximum absolute atomic E-state index is 13.4. The molecule has 0 spiro atoms. The highest BCUT2D eigenvalue weighted by Gasteiger charge is 2.32. The predicted octanol–water partition coefficient (Wildman–Crippen LogP) is 3.70. The summed E-state index contributed by atoms with van der Waals surface area (Å²) in [5.74, 6) is -2.02. The highest BCUT2D eigenvalue weighted by atomic mass is 32.2. The number of sulfonamides is 1. The van der Waals surface area contributed by atoms with E-state index in [9.17, 15) is 22.0 Å². The van der Waals surface area contributed by atoms with E-state index >= 15 is 0 Å². The number of hydrogen-bond donors (Lipinski definition) is 1. The van der Waals surface area contributed by atoms with E-state index in [1.165, 1.54) is 0 Å². The van der Waals surface area contributed by atoms with E-state index in [0.717, 1.165) is 17.7 Å². The molecule has 144 valence electrons. The lowest BCUT2D eigenvalue weighted by atomic mass is 9.94. The van der Waals surface area contributed by atoms with Crippen molar-refractivity contribution < 1.29 is 22.0 Å². The lowest BCUT2D eigenvalue weighted by Crippen LogP contribution is -2.38. The van der Waals surface area contributed by atoms with Crippen molar-refractivity contribution in [2.45, 2.75) is 32.1 Å². The lowest BCUT2D eigenvalue weighted by molar-refractivity contribution is -0.125. The monoisotopic (exact) mass is 394 g/mol. The van der Waals surface area contributed by atoms with Crippen molar-refractivity contribution in [1.82, 2.24) is 0 Å². The highest BCUT2D eigenvalue weighted by molar-refractivity contribution is 7.92. The molecule has 0 bridgehead atoms. The van der Waals surface area contributed by atoms with Crippen molar-refractivity contribution in [3.63, 3.8) is 0 Å². The zero-order valence-corrected chi connectivity index (χ0v) is 16.0. The highest BCUT2D eigenvalue weighted by Crippen LogP contribution is 2.34. The molecule has 1 N–H and O–H groups in total. The Morgan fingerprint density at radius 3 is 2.30 bits per heavy atom. The van der Waals surface area contributed by atoms with Crippen LogP contribution >= 0.6 is 0 Å². The first-order valence-electron chi connectivity index (χ1n) is 8.41. The fraction of sp³-hybridized carbons (Fsp3) is 0.316. The van der Waals surface area contributed by atoms with Crippen molar-refractivity contribution in [2.75, 3.05) is 16.2 Å². The molecule has 1 aliphatic heterocycles. The summed E-state index contributed by atoms with van der Waals surface area (Å²) in [5, 5.41) is 0. The minimum atomic E-state index is -4.18. The van der Waals surface area contributed by atoms with Crippen molar-refractivity contribution >= 4 is 27.3 Å². The zero-order chi connectivity index (χ0) is 20.0. The van der Waals surface area contributed by atoms with E-state index in [1.807, 2.05) is 20.8 Å². The van der Waals surface area contributed by atoms with E-state index in [1.54, 1.807) is 23.1 Å². The lowest BCUT2D eigenvalue weighted by Gasteiger charge is -2.26. The Balaban J connectivity index is 1.93. The van der Waals surface area contributed by atoms with Gasteiger partial charge in [-0.05, 0) is 36.2 Å². The third-order valence-electron chi connectivity index (χ3n) is 4.27. The van der Waals surface area contributed by atoms with E-state index < -0.39 is 32.0 Å². The number of carbonyl (C=O) groups excluding carboxylic acids is 1. The molecule has 0 fully saturated rings. The second-order valence-electron chi connectivity index (χ2n) is 7.51. The molecule has 2 aromatic rings. The van der Waals surface area contributed by atoms with Gasteiger partial charge < -0.3 is 4.90 Å². The normalized spacial score (nSPS) is 14.2. The number of benzene rings is 2. The molecule has 5 nitrogen and oxygen atoms in total. The molecule has 0 saturated heterocycles. The summed E-state index contributed by atoms with van der Waals surface area (Å²) < 4.78 is 53.9. The number of fused-ring (bicyclic) bond motifs is 1. The third kappa shape index (κ3) is 3.95. The van der Waals surface area contributed by atoms with E-state index in [0.29, 0.717) is 24.7 Å². The molecule has 8 heteroatoms. The van der Waals surface area contributed by atoms with E-state index in [2.05, 4.69) is 4.72 Å². The van der Waals surface area contributed by atoms with Crippen molar-refractivity contribution in [2.24, 2.45) is 5.41 Å². The van der Waals surface area contributed by atoms with Gasteiger partial charge in [-0.25, -0.2) is 17.2 Å². The fourth-order valence-electron chi connectivity index (χ4n) is 2.96. The number of amides is 1. The SMILES string of the molecule is CC(C)(C)C(=O)N1CCc2ccc(NS(=O)(=O)c3cc(F)cc(F)c3)cc21. The first kappa shape index (κ1) is 19.3. The Morgan fingerprint density at radius 2 is 1.70 bits per heavy atom. The number of anilines is 2. The molecule has 1 heterocycles. The number of hydrogen-bond acceptors (Lipinski definition) is 3. The smallest absolute Gasteiger partial charge is 0.262 e. The summed E-state index contributed by atoms with van der Waals surface area (Å²) in [5.41, 5.74) is 1.22.